The van der Waals surface area contributed by atoms with Crippen molar-refractivity contribution in [3.63, 3.8) is 0 Å². The zero-order chi connectivity index (χ0) is 9.68. The summed E-state index contributed by atoms with van der Waals surface area (Å²) in [4.78, 5) is 0. The van der Waals surface area contributed by atoms with E-state index < -0.39 is 6.10 Å². The second kappa shape index (κ2) is 4.80. The molecule has 0 fully saturated rings. The van der Waals surface area contributed by atoms with Crippen molar-refractivity contribution < 1.29 is 10.2 Å². The maximum absolute atomic E-state index is 9.33. The van der Waals surface area contributed by atoms with Crippen LogP contribution in [-0.2, 0) is 13.0 Å². The summed E-state index contributed by atoms with van der Waals surface area (Å²) in [5, 5.41) is 18.3. The number of benzene rings is 1. The van der Waals surface area contributed by atoms with Crippen molar-refractivity contribution in [3.8, 4) is 0 Å². The lowest BCUT2D eigenvalue weighted by Crippen LogP contribution is -2.08. The van der Waals surface area contributed by atoms with E-state index >= 15 is 0 Å². The summed E-state index contributed by atoms with van der Waals surface area (Å²) in [6.45, 7) is 3.51. The van der Waals surface area contributed by atoms with E-state index in [2.05, 4.69) is 6.58 Å². The highest BCUT2D eigenvalue weighted by molar-refractivity contribution is 5.27. The normalized spacial score (nSPS) is 12.5. The molecule has 0 aliphatic heterocycles. The van der Waals surface area contributed by atoms with Gasteiger partial charge in [-0.1, -0.05) is 30.3 Å². The first kappa shape index (κ1) is 9.96. The minimum Gasteiger partial charge on any atom is -0.392 e. The highest BCUT2D eigenvalue weighted by Gasteiger charge is 2.04. The Labute approximate surface area is 78.2 Å². The molecule has 13 heavy (non-hydrogen) atoms. The van der Waals surface area contributed by atoms with Gasteiger partial charge in [-0.3, -0.25) is 0 Å². The highest BCUT2D eigenvalue weighted by atomic mass is 16.3. The van der Waals surface area contributed by atoms with E-state index in [1.165, 1.54) is 6.08 Å². The van der Waals surface area contributed by atoms with Gasteiger partial charge in [0, 0.05) is 6.42 Å². The Balaban J connectivity index is 2.80. The summed E-state index contributed by atoms with van der Waals surface area (Å²) >= 11 is 0. The minimum atomic E-state index is -0.535. The Hall–Kier alpha value is -1.12. The zero-order valence-corrected chi connectivity index (χ0v) is 7.48. The van der Waals surface area contributed by atoms with Crippen molar-refractivity contribution in [1.82, 2.24) is 0 Å². The summed E-state index contributed by atoms with van der Waals surface area (Å²) in [5.41, 5.74) is 1.83. The zero-order valence-electron chi connectivity index (χ0n) is 7.48. The molecular formula is C11H14O2. The van der Waals surface area contributed by atoms with Crippen molar-refractivity contribution >= 4 is 0 Å². The van der Waals surface area contributed by atoms with Gasteiger partial charge in [0.15, 0.2) is 0 Å². The summed E-state index contributed by atoms with van der Waals surface area (Å²) in [6.07, 6.45) is 1.47. The molecule has 1 aromatic carbocycles. The van der Waals surface area contributed by atoms with Crippen LogP contribution in [0.25, 0.3) is 0 Å². The van der Waals surface area contributed by atoms with Crippen molar-refractivity contribution in [3.05, 3.63) is 48.0 Å². The van der Waals surface area contributed by atoms with Crippen LogP contribution >= 0.6 is 0 Å². The maximum atomic E-state index is 9.33. The molecule has 1 aromatic rings. The first-order valence-corrected chi connectivity index (χ1v) is 4.26. The Morgan fingerprint density at radius 2 is 1.92 bits per heavy atom. The van der Waals surface area contributed by atoms with Crippen LogP contribution in [0.5, 0.6) is 0 Å². The average Bonchev–Trinajstić information content (AvgIpc) is 2.18. The summed E-state index contributed by atoms with van der Waals surface area (Å²) in [6, 6.07) is 7.52. The molecule has 0 amide bonds. The van der Waals surface area contributed by atoms with Crippen molar-refractivity contribution in [2.24, 2.45) is 0 Å². The van der Waals surface area contributed by atoms with Gasteiger partial charge >= 0.3 is 0 Å². The maximum Gasteiger partial charge on any atom is 0.0758 e. The van der Waals surface area contributed by atoms with Crippen LogP contribution in [0.2, 0.25) is 0 Å². The van der Waals surface area contributed by atoms with Crippen LogP contribution in [0.1, 0.15) is 11.1 Å². The van der Waals surface area contributed by atoms with Crippen molar-refractivity contribution in [1.29, 1.82) is 0 Å². The number of hydrogen-bond acceptors (Lipinski definition) is 2. The van der Waals surface area contributed by atoms with Gasteiger partial charge in [0.2, 0.25) is 0 Å². The fourth-order valence-corrected chi connectivity index (χ4v) is 1.22. The SMILES string of the molecule is C=CC(O)Cc1ccccc1CO. The number of hydrogen-bond donors (Lipinski definition) is 2. The van der Waals surface area contributed by atoms with Crippen molar-refractivity contribution in [2.45, 2.75) is 19.1 Å². The predicted octanol–water partition coefficient (Wildman–Crippen LogP) is 1.27. The van der Waals surface area contributed by atoms with E-state index in [1.807, 2.05) is 24.3 Å². The summed E-state index contributed by atoms with van der Waals surface area (Å²) in [7, 11) is 0. The third kappa shape index (κ3) is 2.68. The van der Waals surface area contributed by atoms with Crippen LogP contribution in [0.3, 0.4) is 0 Å². The van der Waals surface area contributed by atoms with Gasteiger partial charge in [0.1, 0.15) is 0 Å². The second-order valence-corrected chi connectivity index (χ2v) is 2.93. The second-order valence-electron chi connectivity index (χ2n) is 2.93. The largest absolute Gasteiger partial charge is 0.392 e. The third-order valence-corrected chi connectivity index (χ3v) is 1.99. The Morgan fingerprint density at radius 1 is 1.31 bits per heavy atom. The fraction of sp³-hybridized carbons (Fsp3) is 0.273. The topological polar surface area (TPSA) is 40.5 Å². The molecule has 0 saturated carbocycles. The van der Waals surface area contributed by atoms with E-state index in [0.717, 1.165) is 11.1 Å². The smallest absolute Gasteiger partial charge is 0.0758 e. The minimum absolute atomic E-state index is 0.0139. The lowest BCUT2D eigenvalue weighted by molar-refractivity contribution is 0.222. The van der Waals surface area contributed by atoms with Crippen molar-refractivity contribution in [2.75, 3.05) is 0 Å². The van der Waals surface area contributed by atoms with Gasteiger partial charge in [-0.15, -0.1) is 6.58 Å². The molecule has 0 radical (unpaired) electrons. The van der Waals surface area contributed by atoms with Crippen LogP contribution < -0.4 is 0 Å². The molecule has 70 valence electrons. The molecule has 0 bridgehead atoms. The van der Waals surface area contributed by atoms with Crippen LogP contribution in [0, 0.1) is 0 Å². The Morgan fingerprint density at radius 3 is 2.46 bits per heavy atom. The monoisotopic (exact) mass is 178 g/mol. The fourth-order valence-electron chi connectivity index (χ4n) is 1.22. The Kier molecular flexibility index (Phi) is 3.68. The molecule has 1 unspecified atom stereocenters. The molecule has 0 aliphatic rings. The van der Waals surface area contributed by atoms with Gasteiger partial charge in [-0.05, 0) is 11.1 Å². The van der Waals surface area contributed by atoms with E-state index in [-0.39, 0.29) is 6.61 Å². The van der Waals surface area contributed by atoms with Gasteiger partial charge in [-0.2, -0.15) is 0 Å². The molecule has 2 heteroatoms. The lowest BCUT2D eigenvalue weighted by Gasteiger charge is -2.08. The van der Waals surface area contributed by atoms with Crippen LogP contribution in [-0.4, -0.2) is 16.3 Å². The summed E-state index contributed by atoms with van der Waals surface area (Å²) in [5.74, 6) is 0. The first-order chi connectivity index (χ1) is 6.27. The van der Waals surface area contributed by atoms with Gasteiger partial charge in [0.05, 0.1) is 12.7 Å². The highest BCUT2D eigenvalue weighted by Crippen LogP contribution is 2.11. The standard InChI is InChI=1S/C11H14O2/c1-2-11(13)7-9-5-3-4-6-10(9)8-12/h2-6,11-13H,1,7-8H2. The molecule has 0 aliphatic carbocycles. The van der Waals surface area contributed by atoms with E-state index in [4.69, 9.17) is 5.11 Å². The van der Waals surface area contributed by atoms with Gasteiger partial charge in [0.25, 0.3) is 0 Å². The first-order valence-electron chi connectivity index (χ1n) is 4.26. The molecule has 0 saturated heterocycles. The Bertz CT molecular complexity index is 281. The van der Waals surface area contributed by atoms with Crippen LogP contribution in [0.15, 0.2) is 36.9 Å². The van der Waals surface area contributed by atoms with Gasteiger partial charge in [-0.25, -0.2) is 0 Å². The average molecular weight is 178 g/mol. The number of rotatable bonds is 4. The molecule has 0 heterocycles. The van der Waals surface area contributed by atoms with E-state index in [9.17, 15) is 5.11 Å². The quantitative estimate of drug-likeness (QED) is 0.682. The molecule has 1 atom stereocenters. The molecular weight excluding hydrogens is 164 g/mol. The predicted molar refractivity (Wildman–Crippen MR) is 52.3 cm³/mol. The number of aliphatic hydroxyl groups excluding tert-OH is 2. The summed E-state index contributed by atoms with van der Waals surface area (Å²) < 4.78 is 0. The lowest BCUT2D eigenvalue weighted by atomic mass is 10.0. The molecule has 0 spiro atoms. The van der Waals surface area contributed by atoms with Gasteiger partial charge < -0.3 is 10.2 Å². The molecule has 2 nitrogen and oxygen atoms in total. The molecule has 1 rings (SSSR count). The number of aliphatic hydroxyl groups is 2. The van der Waals surface area contributed by atoms with Crippen LogP contribution in [0.4, 0.5) is 0 Å². The van der Waals surface area contributed by atoms with E-state index in [0.29, 0.717) is 6.42 Å². The molecule has 2 N–H and O–H groups in total. The molecule has 0 aromatic heterocycles. The van der Waals surface area contributed by atoms with E-state index in [1.54, 1.807) is 0 Å². The third-order valence-electron chi connectivity index (χ3n) is 1.99.